The van der Waals surface area contributed by atoms with Crippen molar-refractivity contribution in [2.45, 2.75) is 86.3 Å². The Labute approximate surface area is 179 Å². The van der Waals surface area contributed by atoms with Gasteiger partial charge in [0.25, 0.3) is 0 Å². The molecule has 0 aromatic heterocycles. The summed E-state index contributed by atoms with van der Waals surface area (Å²) in [6.45, 7) is 9.17. The topological polar surface area (TPSA) is 127 Å². The molecule has 0 saturated carbocycles. The molecule has 0 spiro atoms. The van der Waals surface area contributed by atoms with Crippen LogP contribution in [0.1, 0.15) is 80.1 Å². The number of rotatable bonds is 16. The summed E-state index contributed by atoms with van der Waals surface area (Å²) in [6.07, 6.45) is 2.10. The summed E-state index contributed by atoms with van der Waals surface area (Å²) in [7, 11) is 0. The third-order valence-corrected chi connectivity index (χ3v) is 18.8. The van der Waals surface area contributed by atoms with Gasteiger partial charge in [-0.3, -0.25) is 0 Å². The molecule has 0 amide bonds. The monoisotopic (exact) mass is 494 g/mol. The third-order valence-electron chi connectivity index (χ3n) is 5.72. The average Bonchev–Trinajstić information content (AvgIpc) is 2.62. The quantitative estimate of drug-likeness (QED) is 0.242. The number of Topliss-reactive ketones (excluding diaryl/α,β-unsaturated/α-hetero) is 2. The SMILES string of the molecule is CCCC[O][Zr]([O]CCCC)([C](CC)(C(C)=O)C(=O)O)[C](CC)(C(C)=O)C(=O)O. The number of unbranched alkanes of at least 4 members (excludes halogenated alkanes) is 2. The number of ketones is 2. The van der Waals surface area contributed by atoms with Crippen molar-refractivity contribution in [3.8, 4) is 0 Å². The van der Waals surface area contributed by atoms with Crippen LogP contribution in [0.25, 0.3) is 0 Å². The standard InChI is InChI=1S/2C6H9O3.2C4H9O.Zr/c2*1-3-5(4(2)7)6(8)9;2*1-2-3-4-5;/h2*3H2,1-2H3,(H,8,9);2*2-4H2,1H3;/q;;2*-1;+2. The molecule has 0 aromatic carbocycles. The van der Waals surface area contributed by atoms with Crippen molar-refractivity contribution in [1.29, 1.82) is 0 Å². The van der Waals surface area contributed by atoms with Crippen LogP contribution in [0.5, 0.6) is 0 Å². The molecule has 0 heterocycles. The van der Waals surface area contributed by atoms with Gasteiger partial charge in [-0.25, -0.2) is 0 Å². The fraction of sp³-hybridized carbons (Fsp3) is 0.800. The van der Waals surface area contributed by atoms with Crippen LogP contribution in [0.2, 0.25) is 6.25 Å². The van der Waals surface area contributed by atoms with E-state index in [1.807, 2.05) is 13.8 Å². The van der Waals surface area contributed by atoms with Gasteiger partial charge >= 0.3 is 179 Å². The number of aliphatic carboxylic acids is 2. The van der Waals surface area contributed by atoms with Gasteiger partial charge in [0.05, 0.1) is 0 Å². The molecule has 2 N–H and O–H groups in total. The fourth-order valence-corrected chi connectivity index (χ4v) is 16.4. The van der Waals surface area contributed by atoms with E-state index < -0.39 is 50.9 Å². The van der Waals surface area contributed by atoms with E-state index in [1.165, 1.54) is 13.8 Å². The predicted octanol–water partition coefficient (Wildman–Crippen LogP) is 4.09. The van der Waals surface area contributed by atoms with Crippen molar-refractivity contribution < 1.29 is 56.2 Å². The fourth-order valence-electron chi connectivity index (χ4n) is 3.93. The van der Waals surface area contributed by atoms with E-state index in [-0.39, 0.29) is 26.1 Å². The molecular formula is C20H36O8Zr. The van der Waals surface area contributed by atoms with Crippen molar-refractivity contribution in [3.63, 3.8) is 0 Å². The number of carbonyl (C=O) groups is 4. The van der Waals surface area contributed by atoms with Crippen molar-refractivity contribution in [1.82, 2.24) is 0 Å². The molecule has 0 aliphatic heterocycles. The van der Waals surface area contributed by atoms with Crippen LogP contribution in [-0.4, -0.2) is 46.9 Å². The van der Waals surface area contributed by atoms with Crippen molar-refractivity contribution in [2.24, 2.45) is 0 Å². The van der Waals surface area contributed by atoms with E-state index in [2.05, 4.69) is 0 Å². The number of carboxylic acids is 2. The van der Waals surface area contributed by atoms with Crippen molar-refractivity contribution >= 4 is 23.5 Å². The van der Waals surface area contributed by atoms with Crippen LogP contribution in [0.3, 0.4) is 0 Å². The molecule has 168 valence electrons. The van der Waals surface area contributed by atoms with Crippen LogP contribution < -0.4 is 0 Å². The first-order valence-electron chi connectivity index (χ1n) is 10.3. The molecule has 0 aliphatic rings. The first-order chi connectivity index (χ1) is 13.5. The number of hydrogen-bond acceptors (Lipinski definition) is 6. The van der Waals surface area contributed by atoms with Crippen LogP contribution in [0.4, 0.5) is 0 Å². The van der Waals surface area contributed by atoms with Crippen LogP contribution in [-0.2, 0) is 46.0 Å². The maximum atomic E-state index is 12.9. The van der Waals surface area contributed by atoms with Crippen molar-refractivity contribution in [2.75, 3.05) is 13.2 Å². The Morgan fingerprint density at radius 2 is 1.03 bits per heavy atom. The molecule has 0 radical (unpaired) electrons. The minimum atomic E-state index is -5.65. The molecule has 0 aromatic rings. The molecule has 8 nitrogen and oxygen atoms in total. The van der Waals surface area contributed by atoms with Gasteiger partial charge in [-0.05, 0) is 0 Å². The Hall–Kier alpha value is -0.917. The predicted molar refractivity (Wildman–Crippen MR) is 104 cm³/mol. The summed E-state index contributed by atoms with van der Waals surface area (Å²) >= 11 is -5.65. The Kier molecular flexibility index (Phi) is 11.7. The average molecular weight is 496 g/mol. The molecule has 0 bridgehead atoms. The molecule has 0 rings (SSSR count). The summed E-state index contributed by atoms with van der Waals surface area (Å²) in [4.78, 5) is 50.9. The molecule has 29 heavy (non-hydrogen) atoms. The van der Waals surface area contributed by atoms with E-state index in [4.69, 9.17) is 5.63 Å². The van der Waals surface area contributed by atoms with Gasteiger partial charge in [0, 0.05) is 0 Å². The van der Waals surface area contributed by atoms with Gasteiger partial charge in [-0.15, -0.1) is 0 Å². The zero-order valence-corrected chi connectivity index (χ0v) is 21.0. The van der Waals surface area contributed by atoms with Crippen molar-refractivity contribution in [3.05, 3.63) is 0 Å². The zero-order valence-electron chi connectivity index (χ0n) is 18.5. The summed E-state index contributed by atoms with van der Waals surface area (Å²) in [5.41, 5.74) is 0. The van der Waals surface area contributed by atoms with E-state index in [9.17, 15) is 29.4 Å². The van der Waals surface area contributed by atoms with Crippen LogP contribution in [0.15, 0.2) is 0 Å². The van der Waals surface area contributed by atoms with Crippen LogP contribution >= 0.6 is 0 Å². The number of carbonyl (C=O) groups excluding carboxylic acids is 2. The molecule has 0 fully saturated rings. The Morgan fingerprint density at radius 3 is 1.21 bits per heavy atom. The first-order valence-corrected chi connectivity index (χ1v) is 14.7. The van der Waals surface area contributed by atoms with Gasteiger partial charge in [0.1, 0.15) is 0 Å². The van der Waals surface area contributed by atoms with E-state index in [0.717, 1.165) is 26.7 Å². The summed E-state index contributed by atoms with van der Waals surface area (Å²) in [5.74, 6) is -4.40. The van der Waals surface area contributed by atoms with E-state index >= 15 is 0 Å². The maximum absolute atomic E-state index is 12.9. The second-order valence-electron chi connectivity index (χ2n) is 7.26. The molecule has 0 saturated heterocycles. The zero-order chi connectivity index (χ0) is 22.9. The van der Waals surface area contributed by atoms with Gasteiger partial charge < -0.3 is 0 Å². The van der Waals surface area contributed by atoms with Gasteiger partial charge in [-0.2, -0.15) is 0 Å². The molecule has 2 unspecified atom stereocenters. The number of carboxylic acid groups (broad SMARTS) is 2. The molecular weight excluding hydrogens is 459 g/mol. The van der Waals surface area contributed by atoms with Gasteiger partial charge in [0.15, 0.2) is 0 Å². The molecule has 0 aliphatic carbocycles. The Bertz CT molecular complexity index is 521. The van der Waals surface area contributed by atoms with E-state index in [0.29, 0.717) is 12.8 Å². The number of hydrogen-bond donors (Lipinski definition) is 2. The summed E-state index contributed by atoms with van der Waals surface area (Å²) in [6, 6.07) is 0. The third kappa shape index (κ3) is 4.88. The van der Waals surface area contributed by atoms with Gasteiger partial charge in [0.2, 0.25) is 0 Å². The second-order valence-corrected chi connectivity index (χ2v) is 15.9. The van der Waals surface area contributed by atoms with E-state index in [1.54, 1.807) is 0 Å². The second kappa shape index (κ2) is 12.1. The normalized spacial score (nSPS) is 15.9. The first kappa shape index (κ1) is 28.1. The Morgan fingerprint density at radius 1 is 0.724 bits per heavy atom. The Balaban J connectivity index is 7.32. The summed E-state index contributed by atoms with van der Waals surface area (Å²) < 4.78 is 8.01. The summed E-state index contributed by atoms with van der Waals surface area (Å²) in [5, 5.41) is 20.5. The molecule has 2 atom stereocenters. The minimum absolute atomic E-state index is 0.0450. The van der Waals surface area contributed by atoms with Gasteiger partial charge in [-0.1, -0.05) is 0 Å². The van der Waals surface area contributed by atoms with Crippen LogP contribution in [0, 0.1) is 0 Å². The molecule has 9 heteroatoms.